The summed E-state index contributed by atoms with van der Waals surface area (Å²) in [5, 5.41) is 11.9. The Morgan fingerprint density at radius 1 is 1.35 bits per heavy atom. The Balaban J connectivity index is 1.97. The predicted molar refractivity (Wildman–Crippen MR) is 81.2 cm³/mol. The molecule has 3 nitrogen and oxygen atoms in total. The summed E-state index contributed by atoms with van der Waals surface area (Å²) in [6.07, 6.45) is 2.54. The van der Waals surface area contributed by atoms with Gasteiger partial charge < -0.3 is 10.8 Å². The molecule has 106 valence electrons. The molecule has 1 saturated carbocycles. The van der Waals surface area contributed by atoms with Gasteiger partial charge >= 0.3 is 0 Å². The van der Waals surface area contributed by atoms with Gasteiger partial charge in [0.15, 0.2) is 0 Å². The minimum atomic E-state index is -0.568. The third kappa shape index (κ3) is 2.21. The summed E-state index contributed by atoms with van der Waals surface area (Å²) in [7, 11) is 0. The molecule has 0 aliphatic heterocycles. The zero-order chi connectivity index (χ0) is 14.2. The maximum absolute atomic E-state index is 10.8. The van der Waals surface area contributed by atoms with Gasteiger partial charge in [0.05, 0.1) is 11.2 Å². The van der Waals surface area contributed by atoms with Crippen molar-refractivity contribution in [3.05, 3.63) is 42.1 Å². The van der Waals surface area contributed by atoms with E-state index in [-0.39, 0.29) is 5.41 Å². The van der Waals surface area contributed by atoms with Gasteiger partial charge in [-0.2, -0.15) is 0 Å². The predicted octanol–water partition coefficient (Wildman–Crippen LogP) is 3.03. The summed E-state index contributed by atoms with van der Waals surface area (Å²) in [6.45, 7) is 2.75. The zero-order valence-electron chi connectivity index (χ0n) is 11.9. The van der Waals surface area contributed by atoms with Crippen molar-refractivity contribution >= 4 is 10.9 Å². The Morgan fingerprint density at radius 3 is 2.85 bits per heavy atom. The molecule has 1 aliphatic rings. The highest BCUT2D eigenvalue weighted by molar-refractivity contribution is 5.78. The van der Waals surface area contributed by atoms with E-state index in [4.69, 9.17) is 5.73 Å². The Labute approximate surface area is 119 Å². The molecule has 3 rings (SSSR count). The second-order valence-corrected chi connectivity index (χ2v) is 6.25. The summed E-state index contributed by atoms with van der Waals surface area (Å²) < 4.78 is 0. The molecular weight excluding hydrogens is 248 g/mol. The summed E-state index contributed by atoms with van der Waals surface area (Å²) in [5.41, 5.74) is 7.48. The van der Waals surface area contributed by atoms with Crippen molar-refractivity contribution in [2.24, 2.45) is 17.1 Å². The lowest BCUT2D eigenvalue weighted by Crippen LogP contribution is -2.35. The first-order valence-electron chi connectivity index (χ1n) is 7.38. The molecule has 1 fully saturated rings. The van der Waals surface area contributed by atoms with Crippen LogP contribution >= 0.6 is 0 Å². The van der Waals surface area contributed by atoms with Gasteiger partial charge in [-0.15, -0.1) is 0 Å². The maximum Gasteiger partial charge on any atom is 0.103 e. The van der Waals surface area contributed by atoms with Gasteiger partial charge in [0, 0.05) is 17.3 Å². The molecule has 3 unspecified atom stereocenters. The molecule has 20 heavy (non-hydrogen) atoms. The van der Waals surface area contributed by atoms with E-state index in [0.29, 0.717) is 12.5 Å². The largest absolute Gasteiger partial charge is 0.386 e. The van der Waals surface area contributed by atoms with Gasteiger partial charge in [-0.1, -0.05) is 37.6 Å². The van der Waals surface area contributed by atoms with Crippen LogP contribution in [0.15, 0.2) is 36.4 Å². The molecule has 0 bridgehead atoms. The Kier molecular flexibility index (Phi) is 3.48. The fourth-order valence-corrected chi connectivity index (χ4v) is 3.53. The third-order valence-corrected chi connectivity index (χ3v) is 4.78. The minimum absolute atomic E-state index is 0.200. The van der Waals surface area contributed by atoms with Crippen LogP contribution < -0.4 is 5.73 Å². The molecule has 0 amide bonds. The number of benzene rings is 1. The Morgan fingerprint density at radius 2 is 2.15 bits per heavy atom. The average Bonchev–Trinajstić information content (AvgIpc) is 2.88. The van der Waals surface area contributed by atoms with Crippen molar-refractivity contribution in [2.75, 3.05) is 6.54 Å². The smallest absolute Gasteiger partial charge is 0.103 e. The number of hydrogen-bond acceptors (Lipinski definition) is 3. The van der Waals surface area contributed by atoms with Gasteiger partial charge in [-0.05, 0) is 30.9 Å². The standard InChI is InChI=1S/C17H22N2O/c1-12-8-9-17(10-12,11-18)16(20)15-7-6-13-4-2-3-5-14(13)19-15/h2-7,12,16,20H,8-11,18H2,1H3. The van der Waals surface area contributed by atoms with Crippen LogP contribution in [0.2, 0.25) is 0 Å². The minimum Gasteiger partial charge on any atom is -0.386 e. The van der Waals surface area contributed by atoms with Crippen LogP contribution in [0.4, 0.5) is 0 Å². The highest BCUT2D eigenvalue weighted by atomic mass is 16.3. The second-order valence-electron chi connectivity index (χ2n) is 6.25. The van der Waals surface area contributed by atoms with Gasteiger partial charge in [0.2, 0.25) is 0 Å². The Hall–Kier alpha value is -1.45. The lowest BCUT2D eigenvalue weighted by atomic mass is 9.78. The second kappa shape index (κ2) is 5.15. The zero-order valence-corrected chi connectivity index (χ0v) is 11.9. The molecule has 3 atom stereocenters. The topological polar surface area (TPSA) is 59.1 Å². The highest BCUT2D eigenvalue weighted by Crippen LogP contribution is 2.48. The van der Waals surface area contributed by atoms with Gasteiger partial charge in [-0.25, -0.2) is 0 Å². The van der Waals surface area contributed by atoms with Crippen LogP contribution in [0.25, 0.3) is 10.9 Å². The van der Waals surface area contributed by atoms with Gasteiger partial charge in [0.1, 0.15) is 6.10 Å². The molecule has 0 saturated heterocycles. The van der Waals surface area contributed by atoms with Crippen molar-refractivity contribution in [1.82, 2.24) is 4.98 Å². The van der Waals surface area contributed by atoms with Crippen LogP contribution in [0, 0.1) is 11.3 Å². The summed E-state index contributed by atoms with van der Waals surface area (Å²) in [5.74, 6) is 0.633. The van der Waals surface area contributed by atoms with Crippen LogP contribution in [-0.2, 0) is 0 Å². The van der Waals surface area contributed by atoms with Crippen molar-refractivity contribution < 1.29 is 5.11 Å². The van der Waals surface area contributed by atoms with E-state index in [2.05, 4.69) is 11.9 Å². The third-order valence-electron chi connectivity index (χ3n) is 4.78. The molecule has 1 aromatic heterocycles. The highest BCUT2D eigenvalue weighted by Gasteiger charge is 2.43. The van der Waals surface area contributed by atoms with Crippen molar-refractivity contribution in [1.29, 1.82) is 0 Å². The van der Waals surface area contributed by atoms with Crippen LogP contribution in [0.3, 0.4) is 0 Å². The van der Waals surface area contributed by atoms with E-state index in [1.807, 2.05) is 36.4 Å². The van der Waals surface area contributed by atoms with Crippen molar-refractivity contribution in [3.8, 4) is 0 Å². The van der Waals surface area contributed by atoms with Crippen LogP contribution in [0.5, 0.6) is 0 Å². The molecule has 1 heterocycles. The number of rotatable bonds is 3. The van der Waals surface area contributed by atoms with E-state index in [9.17, 15) is 5.11 Å². The quantitative estimate of drug-likeness (QED) is 0.901. The van der Waals surface area contributed by atoms with E-state index >= 15 is 0 Å². The molecule has 2 aromatic rings. The number of fused-ring (bicyclic) bond motifs is 1. The molecule has 3 N–H and O–H groups in total. The van der Waals surface area contributed by atoms with E-state index < -0.39 is 6.10 Å². The molecule has 0 spiro atoms. The summed E-state index contributed by atoms with van der Waals surface area (Å²) in [6, 6.07) is 12.0. The van der Waals surface area contributed by atoms with Crippen molar-refractivity contribution in [3.63, 3.8) is 0 Å². The number of nitrogens with two attached hydrogens (primary N) is 1. The summed E-state index contributed by atoms with van der Waals surface area (Å²) >= 11 is 0. The number of pyridine rings is 1. The molecule has 3 heteroatoms. The molecule has 0 radical (unpaired) electrons. The van der Waals surface area contributed by atoms with Crippen molar-refractivity contribution in [2.45, 2.75) is 32.3 Å². The SMILES string of the molecule is CC1CCC(CN)(C(O)c2ccc3ccccc3n2)C1. The van der Waals surface area contributed by atoms with E-state index in [0.717, 1.165) is 35.9 Å². The lowest BCUT2D eigenvalue weighted by molar-refractivity contribution is 0.0277. The fourth-order valence-electron chi connectivity index (χ4n) is 3.53. The van der Waals surface area contributed by atoms with Crippen LogP contribution in [0.1, 0.15) is 38.0 Å². The fraction of sp³-hybridized carbons (Fsp3) is 0.471. The number of aliphatic hydroxyl groups excluding tert-OH is 1. The molecule has 1 aliphatic carbocycles. The average molecular weight is 270 g/mol. The number of nitrogens with zero attached hydrogens (tertiary/aromatic N) is 1. The maximum atomic E-state index is 10.8. The first kappa shape index (κ1) is 13.5. The van der Waals surface area contributed by atoms with Gasteiger partial charge in [-0.3, -0.25) is 4.98 Å². The monoisotopic (exact) mass is 270 g/mol. The summed E-state index contributed by atoms with van der Waals surface area (Å²) in [4.78, 5) is 4.63. The number of hydrogen-bond donors (Lipinski definition) is 2. The molecular formula is C17H22N2O. The van der Waals surface area contributed by atoms with Gasteiger partial charge in [0.25, 0.3) is 0 Å². The lowest BCUT2D eigenvalue weighted by Gasteiger charge is -2.33. The molecule has 1 aromatic carbocycles. The normalized spacial score (nSPS) is 27.9. The number of aliphatic hydroxyl groups is 1. The number of para-hydroxylation sites is 1. The first-order valence-corrected chi connectivity index (χ1v) is 7.38. The van der Waals surface area contributed by atoms with E-state index in [1.165, 1.54) is 0 Å². The Bertz CT molecular complexity index is 613. The number of aromatic nitrogens is 1. The van der Waals surface area contributed by atoms with E-state index in [1.54, 1.807) is 0 Å². The van der Waals surface area contributed by atoms with Crippen LogP contribution in [-0.4, -0.2) is 16.6 Å². The first-order chi connectivity index (χ1) is 9.64.